The van der Waals surface area contributed by atoms with Gasteiger partial charge in [-0.3, -0.25) is 4.79 Å². The SMILES string of the molecule is O=C(COCC(F)(F)F)N1CCCC(c2nc3ccccc3[nH]2)C1. The van der Waals surface area contributed by atoms with E-state index in [1.807, 2.05) is 24.3 Å². The van der Waals surface area contributed by atoms with E-state index in [-0.39, 0.29) is 5.92 Å². The van der Waals surface area contributed by atoms with E-state index in [9.17, 15) is 18.0 Å². The highest BCUT2D eigenvalue weighted by Gasteiger charge is 2.30. The van der Waals surface area contributed by atoms with E-state index in [1.165, 1.54) is 0 Å². The lowest BCUT2D eigenvalue weighted by Crippen LogP contribution is -2.41. The average molecular weight is 341 g/mol. The van der Waals surface area contributed by atoms with Gasteiger partial charge in [-0.05, 0) is 25.0 Å². The van der Waals surface area contributed by atoms with Gasteiger partial charge in [0.05, 0.1) is 11.0 Å². The molecule has 1 amide bonds. The molecule has 130 valence electrons. The van der Waals surface area contributed by atoms with Crippen molar-refractivity contribution in [3.63, 3.8) is 0 Å². The van der Waals surface area contributed by atoms with E-state index in [1.54, 1.807) is 4.90 Å². The van der Waals surface area contributed by atoms with Gasteiger partial charge < -0.3 is 14.6 Å². The second-order valence-corrected chi connectivity index (χ2v) is 5.93. The molecule has 2 heterocycles. The number of halogens is 3. The molecule has 1 aliphatic rings. The number of aromatic nitrogens is 2. The molecule has 1 atom stereocenters. The lowest BCUT2D eigenvalue weighted by atomic mass is 9.97. The van der Waals surface area contributed by atoms with Crippen LogP contribution < -0.4 is 0 Å². The Bertz CT molecular complexity index is 681. The Morgan fingerprint density at radius 1 is 1.38 bits per heavy atom. The number of likely N-dealkylation sites (tertiary alicyclic amines) is 1. The van der Waals surface area contributed by atoms with Gasteiger partial charge in [0.15, 0.2) is 0 Å². The number of carbonyl (C=O) groups excluding carboxylic acids is 1. The number of aromatic amines is 1. The molecule has 1 N–H and O–H groups in total. The summed E-state index contributed by atoms with van der Waals surface area (Å²) in [6.07, 6.45) is -2.75. The van der Waals surface area contributed by atoms with Gasteiger partial charge in [0.25, 0.3) is 0 Å². The summed E-state index contributed by atoms with van der Waals surface area (Å²) in [7, 11) is 0. The number of imidazole rings is 1. The third-order valence-electron chi connectivity index (χ3n) is 4.06. The minimum absolute atomic E-state index is 0.0534. The number of nitrogens with one attached hydrogen (secondary N) is 1. The number of amides is 1. The van der Waals surface area contributed by atoms with Crippen molar-refractivity contribution in [3.8, 4) is 0 Å². The predicted molar refractivity (Wildman–Crippen MR) is 81.5 cm³/mol. The minimum atomic E-state index is -4.42. The quantitative estimate of drug-likeness (QED) is 0.930. The smallest absolute Gasteiger partial charge is 0.362 e. The van der Waals surface area contributed by atoms with Crippen LogP contribution in [-0.2, 0) is 9.53 Å². The molecule has 3 rings (SSSR count). The zero-order valence-electron chi connectivity index (χ0n) is 13.0. The van der Waals surface area contributed by atoms with Crippen LogP contribution in [0.3, 0.4) is 0 Å². The molecule has 1 fully saturated rings. The van der Waals surface area contributed by atoms with Crippen molar-refractivity contribution < 1.29 is 22.7 Å². The van der Waals surface area contributed by atoms with Crippen molar-refractivity contribution in [2.75, 3.05) is 26.3 Å². The number of para-hydroxylation sites is 2. The fourth-order valence-electron chi connectivity index (χ4n) is 2.94. The second kappa shape index (κ2) is 6.80. The number of carbonyl (C=O) groups is 1. The maximum atomic E-state index is 12.1. The predicted octanol–water partition coefficient (Wildman–Crippen LogP) is 2.85. The van der Waals surface area contributed by atoms with Crippen LogP contribution in [0.4, 0.5) is 13.2 Å². The molecule has 0 bridgehead atoms. The topological polar surface area (TPSA) is 58.2 Å². The number of alkyl halides is 3. The molecular formula is C16H18F3N3O2. The third kappa shape index (κ3) is 4.05. The van der Waals surface area contributed by atoms with Gasteiger partial charge in [-0.2, -0.15) is 13.2 Å². The Kier molecular flexibility index (Phi) is 4.75. The van der Waals surface area contributed by atoms with Crippen LogP contribution in [0.1, 0.15) is 24.6 Å². The first-order valence-electron chi connectivity index (χ1n) is 7.79. The van der Waals surface area contributed by atoms with Gasteiger partial charge in [-0.15, -0.1) is 0 Å². The highest BCUT2D eigenvalue weighted by molar-refractivity contribution is 5.78. The van der Waals surface area contributed by atoms with Crippen molar-refractivity contribution in [1.82, 2.24) is 14.9 Å². The molecule has 0 saturated carbocycles. The van der Waals surface area contributed by atoms with Gasteiger partial charge in [0.1, 0.15) is 19.0 Å². The largest absolute Gasteiger partial charge is 0.411 e. The maximum Gasteiger partial charge on any atom is 0.411 e. The van der Waals surface area contributed by atoms with Crippen LogP contribution in [0.25, 0.3) is 11.0 Å². The van der Waals surface area contributed by atoms with Crippen LogP contribution >= 0.6 is 0 Å². The summed E-state index contributed by atoms with van der Waals surface area (Å²) in [6.45, 7) is -0.981. The second-order valence-electron chi connectivity index (χ2n) is 5.93. The standard InChI is InChI=1S/C16H18F3N3O2/c17-16(18,19)10-24-9-14(23)22-7-3-4-11(8-22)15-20-12-5-1-2-6-13(12)21-15/h1-2,5-6,11H,3-4,7-10H2,(H,20,21). The summed E-state index contributed by atoms with van der Waals surface area (Å²) < 4.78 is 40.7. The summed E-state index contributed by atoms with van der Waals surface area (Å²) in [5, 5.41) is 0. The van der Waals surface area contributed by atoms with Gasteiger partial charge >= 0.3 is 6.18 Å². The van der Waals surface area contributed by atoms with E-state index >= 15 is 0 Å². The fraction of sp³-hybridized carbons (Fsp3) is 0.500. The van der Waals surface area contributed by atoms with Gasteiger partial charge in [0, 0.05) is 19.0 Å². The molecule has 1 saturated heterocycles. The molecule has 0 aliphatic carbocycles. The Morgan fingerprint density at radius 2 is 2.17 bits per heavy atom. The normalized spacial score (nSPS) is 19.0. The summed E-state index contributed by atoms with van der Waals surface area (Å²) in [5.74, 6) is 0.447. The Morgan fingerprint density at radius 3 is 2.92 bits per heavy atom. The lowest BCUT2D eigenvalue weighted by Gasteiger charge is -2.31. The van der Waals surface area contributed by atoms with Crippen molar-refractivity contribution in [3.05, 3.63) is 30.1 Å². The van der Waals surface area contributed by atoms with Gasteiger partial charge in [-0.1, -0.05) is 12.1 Å². The number of hydrogen-bond acceptors (Lipinski definition) is 3. The average Bonchev–Trinajstić information content (AvgIpc) is 2.98. The molecule has 1 aromatic heterocycles. The Labute approximate surface area is 136 Å². The van der Waals surface area contributed by atoms with E-state index in [0.717, 1.165) is 29.7 Å². The van der Waals surface area contributed by atoms with E-state index in [4.69, 9.17) is 0 Å². The number of nitrogens with zero attached hydrogens (tertiary/aromatic N) is 2. The molecule has 1 aliphatic heterocycles. The van der Waals surface area contributed by atoms with Gasteiger partial charge in [0.2, 0.25) is 5.91 Å². The summed E-state index contributed by atoms with van der Waals surface area (Å²) in [4.78, 5) is 21.4. The monoisotopic (exact) mass is 341 g/mol. The first-order valence-corrected chi connectivity index (χ1v) is 7.79. The maximum absolute atomic E-state index is 12.1. The summed E-state index contributed by atoms with van der Waals surface area (Å²) in [6, 6.07) is 7.66. The van der Waals surface area contributed by atoms with Crippen molar-refractivity contribution in [2.45, 2.75) is 24.9 Å². The third-order valence-corrected chi connectivity index (χ3v) is 4.06. The first-order chi connectivity index (χ1) is 11.4. The zero-order chi connectivity index (χ0) is 17.2. The Balaban J connectivity index is 1.60. The van der Waals surface area contributed by atoms with E-state index < -0.39 is 25.3 Å². The molecule has 2 aromatic rings. The molecule has 5 nitrogen and oxygen atoms in total. The highest BCUT2D eigenvalue weighted by atomic mass is 19.4. The minimum Gasteiger partial charge on any atom is -0.362 e. The number of fused-ring (bicyclic) bond motifs is 1. The van der Waals surface area contributed by atoms with E-state index in [2.05, 4.69) is 14.7 Å². The summed E-state index contributed by atoms with van der Waals surface area (Å²) >= 11 is 0. The Hall–Kier alpha value is -2.09. The van der Waals surface area contributed by atoms with Gasteiger partial charge in [-0.25, -0.2) is 4.98 Å². The number of ether oxygens (including phenoxy) is 1. The van der Waals surface area contributed by atoms with Crippen LogP contribution in [0.15, 0.2) is 24.3 Å². The molecular weight excluding hydrogens is 323 g/mol. The molecule has 8 heteroatoms. The van der Waals surface area contributed by atoms with Crippen molar-refractivity contribution in [1.29, 1.82) is 0 Å². The summed E-state index contributed by atoms with van der Waals surface area (Å²) in [5.41, 5.74) is 1.80. The van der Waals surface area contributed by atoms with Crippen molar-refractivity contribution in [2.24, 2.45) is 0 Å². The number of rotatable bonds is 4. The molecule has 1 unspecified atom stereocenters. The fourth-order valence-corrected chi connectivity index (χ4v) is 2.94. The zero-order valence-corrected chi connectivity index (χ0v) is 13.0. The number of H-pyrrole nitrogens is 1. The van der Waals surface area contributed by atoms with Crippen LogP contribution in [-0.4, -0.2) is 53.3 Å². The number of benzene rings is 1. The molecule has 0 radical (unpaired) electrons. The van der Waals surface area contributed by atoms with Crippen LogP contribution in [0, 0.1) is 0 Å². The first kappa shape index (κ1) is 16.8. The number of hydrogen-bond donors (Lipinski definition) is 1. The number of piperidine rings is 1. The van der Waals surface area contributed by atoms with Crippen LogP contribution in [0.2, 0.25) is 0 Å². The highest BCUT2D eigenvalue weighted by Crippen LogP contribution is 2.26. The molecule has 1 aromatic carbocycles. The lowest BCUT2D eigenvalue weighted by molar-refractivity contribution is -0.178. The van der Waals surface area contributed by atoms with Crippen molar-refractivity contribution >= 4 is 16.9 Å². The van der Waals surface area contributed by atoms with Crippen LogP contribution in [0.5, 0.6) is 0 Å². The van der Waals surface area contributed by atoms with E-state index in [0.29, 0.717) is 13.1 Å². The molecule has 24 heavy (non-hydrogen) atoms. The molecule has 0 spiro atoms.